The third-order valence-corrected chi connectivity index (χ3v) is 4.04. The summed E-state index contributed by atoms with van der Waals surface area (Å²) in [6, 6.07) is 0. The van der Waals surface area contributed by atoms with Gasteiger partial charge in [-0.05, 0) is 25.7 Å². The van der Waals surface area contributed by atoms with Crippen LogP contribution in [0.1, 0.15) is 54.9 Å². The Hall–Kier alpha value is -0.900. The minimum absolute atomic E-state index is 0.554. The molecule has 2 rings (SSSR count). The van der Waals surface area contributed by atoms with Gasteiger partial charge in [-0.3, -0.25) is 4.79 Å². The summed E-state index contributed by atoms with van der Waals surface area (Å²) in [6.07, 6.45) is 3.36. The van der Waals surface area contributed by atoms with E-state index in [1.54, 1.807) is 11.3 Å². The van der Waals surface area contributed by atoms with Gasteiger partial charge >= 0.3 is 0 Å². The zero-order valence-corrected chi connectivity index (χ0v) is 11.6. The Bertz CT molecular complexity index is 396. The summed E-state index contributed by atoms with van der Waals surface area (Å²) < 4.78 is 0. The first-order valence-electron chi connectivity index (χ1n) is 6.36. The number of hydrogen-bond acceptors (Lipinski definition) is 4. The summed E-state index contributed by atoms with van der Waals surface area (Å²) >= 11 is 1.55. The van der Waals surface area contributed by atoms with Crippen molar-refractivity contribution >= 4 is 22.8 Å². The average molecular weight is 252 g/mol. The first-order valence-corrected chi connectivity index (χ1v) is 7.18. The molecule has 0 aliphatic heterocycles. The lowest BCUT2D eigenvalue weighted by Crippen LogP contribution is -2.27. The fourth-order valence-corrected chi connectivity index (χ4v) is 3.02. The van der Waals surface area contributed by atoms with Gasteiger partial charge in [-0.15, -0.1) is 0 Å². The number of thiazole rings is 1. The highest BCUT2D eigenvalue weighted by Gasteiger charge is 2.30. The van der Waals surface area contributed by atoms with Gasteiger partial charge in [-0.1, -0.05) is 25.2 Å². The summed E-state index contributed by atoms with van der Waals surface area (Å²) in [5.41, 5.74) is 1.04. The minimum Gasteiger partial charge on any atom is -0.348 e. The van der Waals surface area contributed by atoms with Crippen molar-refractivity contribution in [3.63, 3.8) is 0 Å². The molecule has 0 amide bonds. The third-order valence-electron chi connectivity index (χ3n) is 2.98. The molecule has 4 heteroatoms. The number of anilines is 1. The van der Waals surface area contributed by atoms with Gasteiger partial charge in [-0.25, -0.2) is 4.98 Å². The Balaban J connectivity index is 2.21. The number of carbonyl (C=O) groups excluding carboxylic acids is 1. The molecule has 3 nitrogen and oxygen atoms in total. The third kappa shape index (κ3) is 2.86. The maximum Gasteiger partial charge on any atom is 0.186 e. The van der Waals surface area contributed by atoms with Gasteiger partial charge in [0.1, 0.15) is 0 Å². The predicted molar refractivity (Wildman–Crippen MR) is 72.2 cm³/mol. The molecule has 1 fully saturated rings. The van der Waals surface area contributed by atoms with Crippen LogP contribution in [0.5, 0.6) is 0 Å². The molecule has 1 aliphatic carbocycles. The molecule has 0 atom stereocenters. The van der Waals surface area contributed by atoms with Crippen molar-refractivity contribution in [2.75, 3.05) is 18.0 Å². The highest BCUT2D eigenvalue weighted by molar-refractivity contribution is 7.17. The van der Waals surface area contributed by atoms with Crippen LogP contribution in [0.25, 0.3) is 0 Å². The van der Waals surface area contributed by atoms with Gasteiger partial charge in [0.15, 0.2) is 11.4 Å². The highest BCUT2D eigenvalue weighted by Crippen LogP contribution is 2.43. The first kappa shape index (κ1) is 12.6. The maximum atomic E-state index is 11.1. The van der Waals surface area contributed by atoms with E-state index in [-0.39, 0.29) is 0 Å². The molecule has 0 unspecified atom stereocenters. The van der Waals surface area contributed by atoms with Crippen molar-refractivity contribution in [2.24, 2.45) is 5.92 Å². The Labute approximate surface area is 107 Å². The number of aromatic nitrogens is 1. The lowest BCUT2D eigenvalue weighted by molar-refractivity contribution is 0.112. The van der Waals surface area contributed by atoms with Gasteiger partial charge in [0.05, 0.1) is 10.6 Å². The molecule has 1 aromatic heterocycles. The molecule has 1 heterocycles. The highest BCUT2D eigenvalue weighted by atomic mass is 32.1. The van der Waals surface area contributed by atoms with Crippen molar-refractivity contribution in [3.05, 3.63) is 10.6 Å². The van der Waals surface area contributed by atoms with Crippen LogP contribution in [-0.4, -0.2) is 24.4 Å². The first-order chi connectivity index (χ1) is 8.15. The molecule has 0 radical (unpaired) electrons. The lowest BCUT2D eigenvalue weighted by Gasteiger charge is -2.21. The van der Waals surface area contributed by atoms with Crippen molar-refractivity contribution in [2.45, 2.75) is 39.5 Å². The van der Waals surface area contributed by atoms with Gasteiger partial charge in [0.2, 0.25) is 0 Å². The number of rotatable bonds is 6. The molecule has 1 aromatic rings. The summed E-state index contributed by atoms with van der Waals surface area (Å²) in [5.74, 6) is 1.17. The van der Waals surface area contributed by atoms with Crippen LogP contribution in [-0.2, 0) is 0 Å². The lowest BCUT2D eigenvalue weighted by atomic mass is 10.2. The van der Waals surface area contributed by atoms with Crippen LogP contribution in [0.4, 0.5) is 5.13 Å². The topological polar surface area (TPSA) is 33.2 Å². The summed E-state index contributed by atoms with van der Waals surface area (Å²) in [6.45, 7) is 8.51. The van der Waals surface area contributed by atoms with Gasteiger partial charge < -0.3 is 4.90 Å². The minimum atomic E-state index is 0.554. The second kappa shape index (κ2) is 5.17. The van der Waals surface area contributed by atoms with E-state index in [2.05, 4.69) is 30.7 Å². The zero-order valence-electron chi connectivity index (χ0n) is 10.8. The van der Waals surface area contributed by atoms with Crippen LogP contribution < -0.4 is 4.90 Å². The maximum absolute atomic E-state index is 11.1. The smallest absolute Gasteiger partial charge is 0.186 e. The van der Waals surface area contributed by atoms with E-state index in [1.807, 2.05) is 0 Å². The van der Waals surface area contributed by atoms with Gasteiger partial charge in [0, 0.05) is 19.0 Å². The van der Waals surface area contributed by atoms with Crippen molar-refractivity contribution in [1.29, 1.82) is 0 Å². The van der Waals surface area contributed by atoms with Gasteiger partial charge in [-0.2, -0.15) is 0 Å². The van der Waals surface area contributed by atoms with Crippen molar-refractivity contribution in [1.82, 2.24) is 4.98 Å². The van der Waals surface area contributed by atoms with Crippen LogP contribution in [0.2, 0.25) is 0 Å². The Morgan fingerprint density at radius 3 is 2.71 bits per heavy atom. The fourth-order valence-electron chi connectivity index (χ4n) is 1.98. The molecule has 1 aliphatic rings. The van der Waals surface area contributed by atoms with E-state index < -0.39 is 0 Å². The molecule has 0 saturated heterocycles. The molecule has 0 spiro atoms. The SMILES string of the molecule is CCN(CC(C)C)c1nc(C2CC2)c(C=O)s1. The number of carbonyl (C=O) groups is 1. The molecule has 0 aromatic carbocycles. The predicted octanol–water partition coefficient (Wildman–Crippen LogP) is 3.32. The molecule has 1 saturated carbocycles. The van der Waals surface area contributed by atoms with Gasteiger partial charge in [0.25, 0.3) is 0 Å². The Kier molecular flexibility index (Phi) is 3.82. The van der Waals surface area contributed by atoms with E-state index in [0.717, 1.165) is 35.1 Å². The molecule has 94 valence electrons. The number of hydrogen-bond donors (Lipinski definition) is 0. The Morgan fingerprint density at radius 2 is 2.24 bits per heavy atom. The fraction of sp³-hybridized carbons (Fsp3) is 0.692. The second-order valence-electron chi connectivity index (χ2n) is 5.07. The van der Waals surface area contributed by atoms with E-state index in [1.165, 1.54) is 12.8 Å². The Morgan fingerprint density at radius 1 is 1.53 bits per heavy atom. The largest absolute Gasteiger partial charge is 0.348 e. The second-order valence-corrected chi connectivity index (χ2v) is 6.08. The van der Waals surface area contributed by atoms with E-state index in [9.17, 15) is 4.79 Å². The van der Waals surface area contributed by atoms with Crippen molar-refractivity contribution in [3.8, 4) is 0 Å². The van der Waals surface area contributed by atoms with Crippen LogP contribution in [0, 0.1) is 5.92 Å². The molecule has 0 bridgehead atoms. The van der Waals surface area contributed by atoms with Crippen LogP contribution in [0.3, 0.4) is 0 Å². The number of nitrogens with zero attached hydrogens (tertiary/aromatic N) is 2. The summed E-state index contributed by atoms with van der Waals surface area (Å²) in [5, 5.41) is 1.02. The zero-order chi connectivity index (χ0) is 12.4. The van der Waals surface area contributed by atoms with E-state index in [0.29, 0.717) is 11.8 Å². The normalized spacial score (nSPS) is 15.3. The monoisotopic (exact) mass is 252 g/mol. The van der Waals surface area contributed by atoms with Crippen molar-refractivity contribution < 1.29 is 4.79 Å². The summed E-state index contributed by atoms with van der Waals surface area (Å²) in [7, 11) is 0. The molecule has 0 N–H and O–H groups in total. The molecular weight excluding hydrogens is 232 g/mol. The number of aldehydes is 1. The quantitative estimate of drug-likeness (QED) is 0.728. The standard InChI is InChI=1S/C13H20N2OS/c1-4-15(7-9(2)3)13-14-12(10-5-6-10)11(8-16)17-13/h8-10H,4-7H2,1-3H3. The van der Waals surface area contributed by atoms with Crippen LogP contribution >= 0.6 is 11.3 Å². The summed E-state index contributed by atoms with van der Waals surface area (Å²) in [4.78, 5) is 18.8. The van der Waals surface area contributed by atoms with E-state index >= 15 is 0 Å². The van der Waals surface area contributed by atoms with E-state index in [4.69, 9.17) is 0 Å². The van der Waals surface area contributed by atoms with Crippen LogP contribution in [0.15, 0.2) is 0 Å². The average Bonchev–Trinajstić information content (AvgIpc) is 3.05. The molecule has 17 heavy (non-hydrogen) atoms. The molecular formula is C13H20N2OS.